The predicted molar refractivity (Wildman–Crippen MR) is 105 cm³/mol. The second kappa shape index (κ2) is 10.9. The Morgan fingerprint density at radius 3 is 2.15 bits per heavy atom. The molecule has 0 saturated heterocycles. The lowest BCUT2D eigenvalue weighted by Gasteiger charge is -2.25. The Kier molecular flexibility index (Phi) is 8.58. The summed E-state index contributed by atoms with van der Waals surface area (Å²) >= 11 is 0. The highest BCUT2D eigenvalue weighted by molar-refractivity contribution is 5.48. The Labute approximate surface area is 161 Å². The zero-order valence-electron chi connectivity index (χ0n) is 16.6. The molecule has 0 aliphatic heterocycles. The molecule has 0 aromatic heterocycles. The van der Waals surface area contributed by atoms with Gasteiger partial charge in [-0.15, -0.1) is 0 Å². The van der Waals surface area contributed by atoms with Crippen LogP contribution in [-0.2, 0) is 15.9 Å². The molecule has 5 nitrogen and oxygen atoms in total. The number of methoxy groups -OCH3 is 3. The van der Waals surface area contributed by atoms with Gasteiger partial charge in [0.2, 0.25) is 0 Å². The molecule has 0 aliphatic carbocycles. The van der Waals surface area contributed by atoms with E-state index in [2.05, 4.69) is 12.1 Å². The van der Waals surface area contributed by atoms with E-state index in [1.54, 1.807) is 21.3 Å². The van der Waals surface area contributed by atoms with Crippen molar-refractivity contribution in [3.05, 3.63) is 59.2 Å². The van der Waals surface area contributed by atoms with Crippen molar-refractivity contribution in [3.63, 3.8) is 0 Å². The van der Waals surface area contributed by atoms with Crippen LogP contribution in [0.5, 0.6) is 11.5 Å². The SMILES string of the molecule is COCO[C@H](c1cc(OC)c(C)c(OC)c1)[C@H](O)CCCc1ccccc1. The normalized spacial score (nSPS) is 13.2. The van der Waals surface area contributed by atoms with Crippen LogP contribution in [0, 0.1) is 6.92 Å². The molecule has 0 bridgehead atoms. The van der Waals surface area contributed by atoms with Gasteiger partial charge in [0, 0.05) is 12.7 Å². The number of aryl methyl sites for hydroxylation is 1. The Hall–Kier alpha value is -2.08. The van der Waals surface area contributed by atoms with Crippen LogP contribution in [0.1, 0.15) is 35.6 Å². The van der Waals surface area contributed by atoms with Crippen molar-refractivity contribution in [3.8, 4) is 11.5 Å². The van der Waals surface area contributed by atoms with Crippen LogP contribution in [0.4, 0.5) is 0 Å². The lowest BCUT2D eigenvalue weighted by molar-refractivity contribution is -0.116. The van der Waals surface area contributed by atoms with E-state index < -0.39 is 12.2 Å². The molecule has 0 unspecified atom stereocenters. The van der Waals surface area contributed by atoms with Crippen LogP contribution < -0.4 is 9.47 Å². The zero-order chi connectivity index (χ0) is 19.6. The molecule has 5 heteroatoms. The van der Waals surface area contributed by atoms with Crippen LogP contribution in [0.25, 0.3) is 0 Å². The third-order valence-electron chi connectivity index (χ3n) is 4.63. The Morgan fingerprint density at radius 2 is 1.59 bits per heavy atom. The molecule has 2 rings (SSSR count). The molecule has 27 heavy (non-hydrogen) atoms. The number of ether oxygens (including phenoxy) is 4. The van der Waals surface area contributed by atoms with Crippen molar-refractivity contribution in [2.75, 3.05) is 28.1 Å². The van der Waals surface area contributed by atoms with Crippen molar-refractivity contribution in [2.24, 2.45) is 0 Å². The van der Waals surface area contributed by atoms with E-state index in [0.29, 0.717) is 17.9 Å². The third-order valence-corrected chi connectivity index (χ3v) is 4.63. The minimum atomic E-state index is -0.666. The molecular formula is C22H30O5. The summed E-state index contributed by atoms with van der Waals surface area (Å²) in [5, 5.41) is 10.8. The Balaban J connectivity index is 2.13. The molecule has 148 valence electrons. The third kappa shape index (κ3) is 5.96. The zero-order valence-corrected chi connectivity index (χ0v) is 16.6. The van der Waals surface area contributed by atoms with E-state index in [4.69, 9.17) is 18.9 Å². The first-order chi connectivity index (χ1) is 13.1. The fourth-order valence-electron chi connectivity index (χ4n) is 3.15. The minimum absolute atomic E-state index is 0.0962. The minimum Gasteiger partial charge on any atom is -0.496 e. The molecule has 2 atom stereocenters. The smallest absolute Gasteiger partial charge is 0.147 e. The highest BCUT2D eigenvalue weighted by atomic mass is 16.7. The van der Waals surface area contributed by atoms with E-state index in [0.717, 1.165) is 24.0 Å². The maximum Gasteiger partial charge on any atom is 0.147 e. The molecule has 2 aromatic rings. The first kappa shape index (κ1) is 21.2. The summed E-state index contributed by atoms with van der Waals surface area (Å²) in [7, 11) is 4.80. The van der Waals surface area contributed by atoms with Crippen LogP contribution in [-0.4, -0.2) is 39.3 Å². The second-order valence-electron chi connectivity index (χ2n) is 6.49. The summed E-state index contributed by atoms with van der Waals surface area (Å²) in [5.41, 5.74) is 2.98. The molecule has 0 aliphatic rings. The van der Waals surface area contributed by atoms with Crippen LogP contribution in [0.15, 0.2) is 42.5 Å². The highest BCUT2D eigenvalue weighted by Crippen LogP contribution is 2.35. The lowest BCUT2D eigenvalue weighted by Crippen LogP contribution is -2.23. The number of rotatable bonds is 11. The highest BCUT2D eigenvalue weighted by Gasteiger charge is 2.24. The standard InChI is InChI=1S/C22H30O5/c1-16-20(25-3)13-18(14-21(16)26-4)22(27-15-24-2)19(23)12-8-11-17-9-6-5-7-10-17/h5-7,9-10,13-14,19,22-23H,8,11-12,15H2,1-4H3/t19-,22-/m1/s1. The van der Waals surface area contributed by atoms with Crippen molar-refractivity contribution in [2.45, 2.75) is 38.4 Å². The van der Waals surface area contributed by atoms with Gasteiger partial charge in [0.25, 0.3) is 0 Å². The summed E-state index contributed by atoms with van der Waals surface area (Å²) in [4.78, 5) is 0. The quantitative estimate of drug-likeness (QED) is 0.601. The molecule has 0 amide bonds. The lowest BCUT2D eigenvalue weighted by atomic mass is 9.97. The van der Waals surface area contributed by atoms with Gasteiger partial charge in [-0.2, -0.15) is 0 Å². The molecule has 0 spiro atoms. The largest absolute Gasteiger partial charge is 0.496 e. The van der Waals surface area contributed by atoms with Crippen molar-refractivity contribution < 1.29 is 24.1 Å². The fraction of sp³-hybridized carbons (Fsp3) is 0.455. The molecule has 0 heterocycles. The van der Waals surface area contributed by atoms with E-state index in [1.807, 2.05) is 37.3 Å². The molecule has 1 N–H and O–H groups in total. The summed E-state index contributed by atoms with van der Waals surface area (Å²) in [6.45, 7) is 2.03. The average Bonchev–Trinajstić information content (AvgIpc) is 2.69. The van der Waals surface area contributed by atoms with Gasteiger partial charge in [-0.3, -0.25) is 0 Å². The van der Waals surface area contributed by atoms with E-state index >= 15 is 0 Å². The van der Waals surface area contributed by atoms with E-state index in [9.17, 15) is 5.11 Å². The van der Waals surface area contributed by atoms with Gasteiger partial charge in [-0.25, -0.2) is 0 Å². The van der Waals surface area contributed by atoms with Gasteiger partial charge in [0.1, 0.15) is 24.4 Å². The number of aliphatic hydroxyl groups excluding tert-OH is 1. The van der Waals surface area contributed by atoms with Gasteiger partial charge in [0.15, 0.2) is 0 Å². The fourth-order valence-corrected chi connectivity index (χ4v) is 3.15. The summed E-state index contributed by atoms with van der Waals surface area (Å²) in [6.07, 6.45) is 1.19. The van der Waals surface area contributed by atoms with Crippen molar-refractivity contribution >= 4 is 0 Å². The maximum atomic E-state index is 10.8. The van der Waals surface area contributed by atoms with E-state index in [1.165, 1.54) is 5.56 Å². The maximum absolute atomic E-state index is 10.8. The van der Waals surface area contributed by atoms with Crippen LogP contribution >= 0.6 is 0 Å². The molecule has 0 radical (unpaired) electrons. The van der Waals surface area contributed by atoms with Gasteiger partial charge in [-0.05, 0) is 49.4 Å². The van der Waals surface area contributed by atoms with Gasteiger partial charge in [0.05, 0.1) is 20.3 Å². The summed E-state index contributed by atoms with van der Waals surface area (Å²) in [6, 6.07) is 14.0. The Morgan fingerprint density at radius 1 is 0.963 bits per heavy atom. The number of benzene rings is 2. The second-order valence-corrected chi connectivity index (χ2v) is 6.49. The first-order valence-corrected chi connectivity index (χ1v) is 9.15. The average molecular weight is 374 g/mol. The summed E-state index contributed by atoms with van der Waals surface area (Å²) in [5.74, 6) is 1.40. The molecule has 0 saturated carbocycles. The number of hydrogen-bond donors (Lipinski definition) is 1. The van der Waals surface area contributed by atoms with Gasteiger partial charge >= 0.3 is 0 Å². The Bertz CT molecular complexity index is 661. The monoisotopic (exact) mass is 374 g/mol. The molecular weight excluding hydrogens is 344 g/mol. The predicted octanol–water partition coefficient (Wildman–Crippen LogP) is 4.06. The summed E-state index contributed by atoms with van der Waals surface area (Å²) < 4.78 is 21.8. The van der Waals surface area contributed by atoms with Crippen molar-refractivity contribution in [1.29, 1.82) is 0 Å². The number of aliphatic hydroxyl groups is 1. The molecule has 0 fully saturated rings. The first-order valence-electron chi connectivity index (χ1n) is 9.15. The van der Waals surface area contributed by atoms with Gasteiger partial charge < -0.3 is 24.1 Å². The van der Waals surface area contributed by atoms with E-state index in [-0.39, 0.29) is 6.79 Å². The van der Waals surface area contributed by atoms with Crippen LogP contribution in [0.2, 0.25) is 0 Å². The van der Waals surface area contributed by atoms with Gasteiger partial charge in [-0.1, -0.05) is 30.3 Å². The topological polar surface area (TPSA) is 57.2 Å². The molecule has 2 aromatic carbocycles. The van der Waals surface area contributed by atoms with Crippen LogP contribution in [0.3, 0.4) is 0 Å². The van der Waals surface area contributed by atoms with Crippen molar-refractivity contribution in [1.82, 2.24) is 0 Å². The number of hydrogen-bond acceptors (Lipinski definition) is 5.